The second-order valence-electron chi connectivity index (χ2n) is 5.05. The predicted octanol–water partition coefficient (Wildman–Crippen LogP) is 3.56. The Bertz CT molecular complexity index is 339. The third-order valence-electron chi connectivity index (χ3n) is 3.49. The Morgan fingerprint density at radius 3 is 2.69 bits per heavy atom. The molecule has 1 heterocycles. The number of hydrogen-bond acceptors (Lipinski definition) is 2. The van der Waals surface area contributed by atoms with Crippen LogP contribution >= 0.6 is 0 Å². The average molecular weight is 221 g/mol. The van der Waals surface area contributed by atoms with Crippen LogP contribution in [0.2, 0.25) is 0 Å². The summed E-state index contributed by atoms with van der Waals surface area (Å²) >= 11 is 0. The lowest BCUT2D eigenvalue weighted by molar-refractivity contribution is 0.426. The number of furan rings is 1. The quantitative estimate of drug-likeness (QED) is 0.794. The molecule has 1 aliphatic rings. The molecule has 1 saturated carbocycles. The summed E-state index contributed by atoms with van der Waals surface area (Å²) in [5, 5.41) is 3.69. The van der Waals surface area contributed by atoms with Crippen LogP contribution in [0.5, 0.6) is 0 Å². The minimum atomic E-state index is 0.722. The summed E-state index contributed by atoms with van der Waals surface area (Å²) in [6.45, 7) is 7.30. The van der Waals surface area contributed by atoms with E-state index in [1.165, 1.54) is 31.2 Å². The molecule has 0 amide bonds. The van der Waals surface area contributed by atoms with Crippen molar-refractivity contribution in [2.24, 2.45) is 5.92 Å². The lowest BCUT2D eigenvalue weighted by atomic mass is 10.1. The van der Waals surface area contributed by atoms with Crippen molar-refractivity contribution in [1.29, 1.82) is 0 Å². The summed E-state index contributed by atoms with van der Waals surface area (Å²) in [4.78, 5) is 0. The maximum absolute atomic E-state index is 5.54. The standard InChI is InChI=1S/C14H23NO/c1-4-5-14(12-6-7-12)15-9-13-8-10(2)16-11(13)3/h8,12,14-15H,4-7,9H2,1-3H3. The number of hydrogen-bond donors (Lipinski definition) is 1. The second-order valence-corrected chi connectivity index (χ2v) is 5.05. The van der Waals surface area contributed by atoms with Gasteiger partial charge in [0.2, 0.25) is 0 Å². The van der Waals surface area contributed by atoms with Crippen LogP contribution in [0.3, 0.4) is 0 Å². The maximum Gasteiger partial charge on any atom is 0.105 e. The van der Waals surface area contributed by atoms with Crippen LogP contribution in [-0.4, -0.2) is 6.04 Å². The molecule has 1 N–H and O–H groups in total. The molecule has 0 spiro atoms. The SMILES string of the molecule is CCCC(NCc1cc(C)oc1C)C1CC1. The van der Waals surface area contributed by atoms with Crippen molar-refractivity contribution < 1.29 is 4.42 Å². The van der Waals surface area contributed by atoms with Crippen molar-refractivity contribution >= 4 is 0 Å². The van der Waals surface area contributed by atoms with Crippen molar-refractivity contribution in [3.63, 3.8) is 0 Å². The molecular formula is C14H23NO. The fraction of sp³-hybridized carbons (Fsp3) is 0.714. The molecule has 0 bridgehead atoms. The first-order valence-electron chi connectivity index (χ1n) is 6.50. The molecule has 1 atom stereocenters. The molecule has 2 heteroatoms. The maximum atomic E-state index is 5.54. The fourth-order valence-corrected chi connectivity index (χ4v) is 2.41. The largest absolute Gasteiger partial charge is 0.466 e. The first-order valence-corrected chi connectivity index (χ1v) is 6.50. The minimum Gasteiger partial charge on any atom is -0.466 e. The van der Waals surface area contributed by atoms with E-state index in [4.69, 9.17) is 4.42 Å². The summed E-state index contributed by atoms with van der Waals surface area (Å²) in [7, 11) is 0. The molecule has 0 aliphatic heterocycles. The topological polar surface area (TPSA) is 25.2 Å². The molecule has 2 rings (SSSR count). The van der Waals surface area contributed by atoms with Crippen molar-refractivity contribution in [2.75, 3.05) is 0 Å². The zero-order valence-electron chi connectivity index (χ0n) is 10.7. The molecule has 0 aromatic carbocycles. The third kappa shape index (κ3) is 2.88. The Hall–Kier alpha value is -0.760. The molecule has 2 nitrogen and oxygen atoms in total. The predicted molar refractivity (Wildman–Crippen MR) is 66.4 cm³/mol. The minimum absolute atomic E-state index is 0.722. The van der Waals surface area contributed by atoms with Gasteiger partial charge in [0.05, 0.1) is 0 Å². The van der Waals surface area contributed by atoms with Gasteiger partial charge in [-0.1, -0.05) is 13.3 Å². The molecule has 1 fully saturated rings. The van der Waals surface area contributed by atoms with Crippen LogP contribution < -0.4 is 5.32 Å². The van der Waals surface area contributed by atoms with E-state index in [1.54, 1.807) is 0 Å². The molecule has 0 saturated heterocycles. The zero-order chi connectivity index (χ0) is 11.5. The highest BCUT2D eigenvalue weighted by Gasteiger charge is 2.30. The van der Waals surface area contributed by atoms with Gasteiger partial charge in [-0.25, -0.2) is 0 Å². The van der Waals surface area contributed by atoms with Gasteiger partial charge in [-0.15, -0.1) is 0 Å². The van der Waals surface area contributed by atoms with Crippen LogP contribution in [0.15, 0.2) is 10.5 Å². The molecule has 1 unspecified atom stereocenters. The highest BCUT2D eigenvalue weighted by Crippen LogP contribution is 2.34. The summed E-state index contributed by atoms with van der Waals surface area (Å²) in [6.07, 6.45) is 5.42. The van der Waals surface area contributed by atoms with E-state index in [2.05, 4.69) is 25.2 Å². The summed E-state index contributed by atoms with van der Waals surface area (Å²) in [6, 6.07) is 2.87. The van der Waals surface area contributed by atoms with E-state index in [0.29, 0.717) is 0 Å². The molecular weight excluding hydrogens is 198 g/mol. The van der Waals surface area contributed by atoms with Crippen LogP contribution in [-0.2, 0) is 6.54 Å². The third-order valence-corrected chi connectivity index (χ3v) is 3.49. The number of rotatable bonds is 6. The molecule has 1 aliphatic carbocycles. The summed E-state index contributed by atoms with van der Waals surface area (Å²) in [5.41, 5.74) is 1.32. The molecule has 1 aromatic heterocycles. The second kappa shape index (κ2) is 5.05. The fourth-order valence-electron chi connectivity index (χ4n) is 2.41. The lowest BCUT2D eigenvalue weighted by Crippen LogP contribution is -2.30. The molecule has 90 valence electrons. The first kappa shape index (κ1) is 11.7. The lowest BCUT2D eigenvalue weighted by Gasteiger charge is -2.17. The Labute approximate surface area is 98.4 Å². The van der Waals surface area contributed by atoms with Crippen LogP contribution in [0.1, 0.15) is 49.7 Å². The van der Waals surface area contributed by atoms with Crippen LogP contribution in [0, 0.1) is 19.8 Å². The summed E-state index contributed by atoms with van der Waals surface area (Å²) < 4.78 is 5.54. The van der Waals surface area contributed by atoms with Crippen molar-refractivity contribution in [1.82, 2.24) is 5.32 Å². The van der Waals surface area contributed by atoms with E-state index in [9.17, 15) is 0 Å². The van der Waals surface area contributed by atoms with E-state index >= 15 is 0 Å². The Balaban J connectivity index is 1.87. The molecule has 0 radical (unpaired) electrons. The normalized spacial score (nSPS) is 17.7. The number of nitrogens with one attached hydrogen (secondary N) is 1. The van der Waals surface area contributed by atoms with Gasteiger partial charge in [0, 0.05) is 18.2 Å². The van der Waals surface area contributed by atoms with E-state index in [1.807, 2.05) is 6.92 Å². The van der Waals surface area contributed by atoms with Crippen molar-refractivity contribution in [2.45, 2.75) is 59.0 Å². The van der Waals surface area contributed by atoms with Crippen molar-refractivity contribution in [3.8, 4) is 0 Å². The van der Waals surface area contributed by atoms with E-state index in [0.717, 1.165) is 30.0 Å². The Morgan fingerprint density at radius 2 is 2.19 bits per heavy atom. The monoisotopic (exact) mass is 221 g/mol. The van der Waals surface area contributed by atoms with Gasteiger partial charge in [0.15, 0.2) is 0 Å². The van der Waals surface area contributed by atoms with Crippen molar-refractivity contribution in [3.05, 3.63) is 23.2 Å². The molecule has 1 aromatic rings. The smallest absolute Gasteiger partial charge is 0.105 e. The zero-order valence-corrected chi connectivity index (χ0v) is 10.7. The Kier molecular flexibility index (Phi) is 3.70. The van der Waals surface area contributed by atoms with Gasteiger partial charge in [0.25, 0.3) is 0 Å². The highest BCUT2D eigenvalue weighted by molar-refractivity contribution is 5.19. The Morgan fingerprint density at radius 1 is 1.44 bits per heavy atom. The van der Waals surface area contributed by atoms with Gasteiger partial charge >= 0.3 is 0 Å². The van der Waals surface area contributed by atoms with E-state index < -0.39 is 0 Å². The highest BCUT2D eigenvalue weighted by atomic mass is 16.3. The van der Waals surface area contributed by atoms with Crippen LogP contribution in [0.25, 0.3) is 0 Å². The van der Waals surface area contributed by atoms with Gasteiger partial charge in [-0.3, -0.25) is 0 Å². The van der Waals surface area contributed by atoms with Crippen LogP contribution in [0.4, 0.5) is 0 Å². The molecule has 16 heavy (non-hydrogen) atoms. The van der Waals surface area contributed by atoms with Gasteiger partial charge in [-0.05, 0) is 45.1 Å². The number of aryl methyl sites for hydroxylation is 2. The van der Waals surface area contributed by atoms with Gasteiger partial charge in [-0.2, -0.15) is 0 Å². The van der Waals surface area contributed by atoms with E-state index in [-0.39, 0.29) is 0 Å². The van der Waals surface area contributed by atoms with Gasteiger partial charge < -0.3 is 9.73 Å². The van der Waals surface area contributed by atoms with Gasteiger partial charge in [0.1, 0.15) is 11.5 Å². The first-order chi connectivity index (χ1) is 7.70. The summed E-state index contributed by atoms with van der Waals surface area (Å²) in [5.74, 6) is 3.03. The average Bonchev–Trinajstić information content (AvgIpc) is 3.01.